The van der Waals surface area contributed by atoms with Crippen LogP contribution in [0.3, 0.4) is 0 Å². The van der Waals surface area contributed by atoms with E-state index in [1.807, 2.05) is 67.5 Å². The molecule has 9 heteroatoms. The minimum Gasteiger partial charge on any atom is -0.494 e. The Morgan fingerprint density at radius 2 is 1.69 bits per heavy atom. The van der Waals surface area contributed by atoms with Gasteiger partial charge in [0.15, 0.2) is 18.1 Å². The van der Waals surface area contributed by atoms with Crippen molar-refractivity contribution in [2.24, 2.45) is 10.2 Å². The highest BCUT2D eigenvalue weighted by atomic mass is 16.5. The van der Waals surface area contributed by atoms with Crippen molar-refractivity contribution in [3.8, 4) is 17.3 Å². The molecule has 0 amide bonds. The van der Waals surface area contributed by atoms with Gasteiger partial charge in [0.1, 0.15) is 17.5 Å². The van der Waals surface area contributed by atoms with Crippen LogP contribution in [0.2, 0.25) is 0 Å². The third-order valence-electron chi connectivity index (χ3n) is 6.48. The van der Waals surface area contributed by atoms with Crippen LogP contribution < -0.4 is 14.9 Å². The maximum absolute atomic E-state index is 13.5. The molecule has 9 nitrogen and oxygen atoms in total. The first-order chi connectivity index (χ1) is 18.8. The summed E-state index contributed by atoms with van der Waals surface area (Å²) >= 11 is 0. The summed E-state index contributed by atoms with van der Waals surface area (Å²) in [4.78, 5) is 15.5. The monoisotopic (exact) mass is 528 g/mol. The molecule has 0 bridgehead atoms. The second-order valence-electron chi connectivity index (χ2n) is 9.49. The molecule has 2 aromatic heterocycles. The summed E-state index contributed by atoms with van der Waals surface area (Å²) in [7, 11) is 5.43. The molecule has 1 unspecified atom stereocenters. The SMILES string of the molecule is COc1cc(C(O)c2ccccc2)ccc1/N=N/c1c(C)c(-[n+]2ccccc2)c(O)n(CCCN(C)C)c1=O. The van der Waals surface area contributed by atoms with E-state index in [-0.39, 0.29) is 11.6 Å². The number of hydrogen-bond acceptors (Lipinski definition) is 7. The topological polar surface area (TPSA) is 104 Å². The first-order valence-corrected chi connectivity index (χ1v) is 12.7. The lowest BCUT2D eigenvalue weighted by molar-refractivity contribution is -0.597. The Labute approximate surface area is 227 Å². The number of pyridine rings is 2. The Morgan fingerprint density at radius 3 is 2.36 bits per heavy atom. The van der Waals surface area contributed by atoms with Crippen molar-refractivity contribution in [2.75, 3.05) is 27.7 Å². The van der Waals surface area contributed by atoms with E-state index in [9.17, 15) is 15.0 Å². The van der Waals surface area contributed by atoms with Gasteiger partial charge < -0.3 is 19.8 Å². The number of aromatic nitrogens is 2. The predicted octanol–water partition coefficient (Wildman–Crippen LogP) is 4.60. The number of hydrogen-bond donors (Lipinski definition) is 2. The third-order valence-corrected chi connectivity index (χ3v) is 6.48. The highest BCUT2D eigenvalue weighted by Crippen LogP contribution is 2.34. The van der Waals surface area contributed by atoms with Crippen LogP contribution >= 0.6 is 0 Å². The normalized spacial score (nSPS) is 12.3. The molecule has 2 heterocycles. The number of nitrogens with zero attached hydrogens (tertiary/aromatic N) is 5. The molecule has 0 aliphatic rings. The number of benzene rings is 2. The highest BCUT2D eigenvalue weighted by molar-refractivity contribution is 5.58. The summed E-state index contributed by atoms with van der Waals surface area (Å²) in [5, 5.41) is 30.7. The fourth-order valence-corrected chi connectivity index (χ4v) is 4.40. The number of rotatable bonds is 10. The number of aliphatic hydroxyl groups is 1. The van der Waals surface area contributed by atoms with E-state index in [1.165, 1.54) is 11.7 Å². The maximum Gasteiger partial charge on any atom is 0.281 e. The zero-order valence-electron chi connectivity index (χ0n) is 22.7. The van der Waals surface area contributed by atoms with E-state index in [0.29, 0.717) is 41.2 Å². The summed E-state index contributed by atoms with van der Waals surface area (Å²) in [6.07, 6.45) is 3.44. The van der Waals surface area contributed by atoms with E-state index in [2.05, 4.69) is 10.2 Å². The van der Waals surface area contributed by atoms with Gasteiger partial charge in [0.05, 0.1) is 12.7 Å². The molecular formula is C30H34N5O4+. The molecule has 0 spiro atoms. The minimum atomic E-state index is -0.828. The standard InChI is InChI=1S/C30H33N5O4/c1-21-26(29(37)35(19-11-16-33(2)3)30(38)27(21)34-17-9-6-10-18-34)32-31-24-15-14-23(20-25(24)39-4)28(36)22-12-7-5-8-13-22/h5-10,12-15,17-18,20,28,36H,11,16,19H2,1-4H3/p+1. The lowest BCUT2D eigenvalue weighted by Crippen LogP contribution is -2.34. The van der Waals surface area contributed by atoms with Gasteiger partial charge in [0.2, 0.25) is 0 Å². The fraction of sp³-hybridized carbons (Fsp3) is 0.267. The number of methoxy groups -OCH3 is 1. The molecule has 4 rings (SSSR count). The van der Waals surface area contributed by atoms with E-state index in [0.717, 1.165) is 12.1 Å². The van der Waals surface area contributed by atoms with Gasteiger partial charge in [0.25, 0.3) is 17.1 Å². The molecule has 0 aliphatic carbocycles. The summed E-state index contributed by atoms with van der Waals surface area (Å²) in [5.74, 6) is 0.287. The molecular weight excluding hydrogens is 494 g/mol. The number of ether oxygens (including phenoxy) is 1. The van der Waals surface area contributed by atoms with Crippen LogP contribution in [0.1, 0.15) is 29.2 Å². The Kier molecular flexibility index (Phi) is 8.85. The first-order valence-electron chi connectivity index (χ1n) is 12.7. The second kappa shape index (κ2) is 12.5. The van der Waals surface area contributed by atoms with Crippen LogP contribution in [0.5, 0.6) is 11.6 Å². The largest absolute Gasteiger partial charge is 0.494 e. The lowest BCUT2D eigenvalue weighted by Gasteiger charge is -2.15. The van der Waals surface area contributed by atoms with Gasteiger partial charge in [-0.3, -0.25) is 9.36 Å². The van der Waals surface area contributed by atoms with Crippen LogP contribution in [0.4, 0.5) is 11.4 Å². The zero-order valence-corrected chi connectivity index (χ0v) is 22.7. The van der Waals surface area contributed by atoms with Crippen molar-refractivity contribution >= 4 is 11.4 Å². The summed E-state index contributed by atoms with van der Waals surface area (Å²) < 4.78 is 8.64. The van der Waals surface area contributed by atoms with Gasteiger partial charge in [0, 0.05) is 18.7 Å². The van der Waals surface area contributed by atoms with Gasteiger partial charge >= 0.3 is 0 Å². The molecule has 202 valence electrons. The van der Waals surface area contributed by atoms with Crippen molar-refractivity contribution in [1.29, 1.82) is 0 Å². The third kappa shape index (κ3) is 6.22. The molecule has 2 aromatic carbocycles. The van der Waals surface area contributed by atoms with Gasteiger partial charge in [-0.15, -0.1) is 10.2 Å². The molecule has 39 heavy (non-hydrogen) atoms. The van der Waals surface area contributed by atoms with Crippen LogP contribution in [0.15, 0.2) is 94.1 Å². The molecule has 0 fully saturated rings. The van der Waals surface area contributed by atoms with Crippen LogP contribution in [0, 0.1) is 6.92 Å². The molecule has 1 atom stereocenters. The number of aromatic hydroxyl groups is 1. The molecule has 4 aromatic rings. The Morgan fingerprint density at radius 1 is 1.00 bits per heavy atom. The summed E-state index contributed by atoms with van der Waals surface area (Å²) in [5.41, 5.74) is 2.46. The predicted molar refractivity (Wildman–Crippen MR) is 149 cm³/mol. The van der Waals surface area contributed by atoms with Crippen molar-refractivity contribution in [1.82, 2.24) is 9.47 Å². The fourth-order valence-electron chi connectivity index (χ4n) is 4.40. The lowest BCUT2D eigenvalue weighted by atomic mass is 10.0. The molecule has 0 aliphatic heterocycles. The minimum absolute atomic E-state index is 0.122. The molecule has 2 N–H and O–H groups in total. The van der Waals surface area contributed by atoms with Crippen LogP contribution in [-0.2, 0) is 6.54 Å². The molecule has 0 radical (unpaired) electrons. The highest BCUT2D eigenvalue weighted by Gasteiger charge is 2.26. The average Bonchev–Trinajstić information content (AvgIpc) is 2.95. The van der Waals surface area contributed by atoms with Crippen molar-refractivity contribution in [3.05, 3.63) is 106 Å². The average molecular weight is 529 g/mol. The zero-order chi connectivity index (χ0) is 27.9. The second-order valence-corrected chi connectivity index (χ2v) is 9.49. The maximum atomic E-state index is 13.5. The van der Waals surface area contributed by atoms with Gasteiger partial charge in [-0.25, -0.2) is 0 Å². The molecule has 0 saturated carbocycles. The van der Waals surface area contributed by atoms with Gasteiger partial charge in [-0.05, 0) is 57.2 Å². The van der Waals surface area contributed by atoms with E-state index < -0.39 is 11.7 Å². The Bertz CT molecular complexity index is 1500. The van der Waals surface area contributed by atoms with Crippen molar-refractivity contribution in [3.63, 3.8) is 0 Å². The van der Waals surface area contributed by atoms with Gasteiger partial charge in [-0.1, -0.05) is 42.5 Å². The smallest absolute Gasteiger partial charge is 0.281 e. The van der Waals surface area contributed by atoms with Crippen molar-refractivity contribution < 1.29 is 19.5 Å². The Hall–Kier alpha value is -4.34. The summed E-state index contributed by atoms with van der Waals surface area (Å²) in [6.45, 7) is 2.82. The number of azo groups is 1. The van der Waals surface area contributed by atoms with E-state index >= 15 is 0 Å². The van der Waals surface area contributed by atoms with E-state index in [1.54, 1.807) is 42.1 Å². The van der Waals surface area contributed by atoms with Crippen molar-refractivity contribution in [2.45, 2.75) is 26.0 Å². The van der Waals surface area contributed by atoms with Gasteiger partial charge in [-0.2, -0.15) is 4.57 Å². The Balaban J connectivity index is 1.76. The summed E-state index contributed by atoms with van der Waals surface area (Å²) in [6, 6.07) is 20.1. The first kappa shape index (κ1) is 27.7. The number of aliphatic hydroxyl groups excluding tert-OH is 1. The quantitative estimate of drug-likeness (QED) is 0.231. The van der Waals surface area contributed by atoms with Crippen LogP contribution in [0.25, 0.3) is 5.69 Å². The van der Waals surface area contributed by atoms with E-state index in [4.69, 9.17) is 4.74 Å². The van der Waals surface area contributed by atoms with Crippen LogP contribution in [-0.4, -0.2) is 47.4 Å². The molecule has 0 saturated heterocycles.